The molecule has 0 aliphatic heterocycles. The van der Waals surface area contributed by atoms with Gasteiger partial charge in [-0.25, -0.2) is 4.68 Å². The van der Waals surface area contributed by atoms with Gasteiger partial charge in [-0.15, -0.1) is 10.2 Å². The second-order valence-corrected chi connectivity index (χ2v) is 8.44. The van der Waals surface area contributed by atoms with Gasteiger partial charge in [0.2, 0.25) is 5.91 Å². The maximum atomic E-state index is 12.3. The molecule has 0 saturated heterocycles. The van der Waals surface area contributed by atoms with Crippen molar-refractivity contribution in [2.75, 3.05) is 6.54 Å². The van der Waals surface area contributed by atoms with E-state index in [1.165, 1.54) is 43.9 Å². The standard InChI is InChI=1S/C19H27N5OS/c1-13-11-14(2)24(23-13)17-9-10-18(22-21-17)26-15(3)19(25)20-12-16-7-5-4-6-8-16/h9-11,15-16H,4-8,12H2,1-3H3,(H,20,25). The van der Waals surface area contributed by atoms with Gasteiger partial charge in [-0.3, -0.25) is 4.79 Å². The minimum absolute atomic E-state index is 0.0741. The molecule has 1 aliphatic carbocycles. The third kappa shape index (κ3) is 4.84. The Balaban J connectivity index is 1.52. The molecule has 1 fully saturated rings. The molecular weight excluding hydrogens is 346 g/mol. The summed E-state index contributed by atoms with van der Waals surface area (Å²) in [6, 6.07) is 5.79. The van der Waals surface area contributed by atoms with Crippen LogP contribution in [-0.2, 0) is 4.79 Å². The number of aryl methyl sites for hydroxylation is 2. The van der Waals surface area contributed by atoms with Crippen molar-refractivity contribution in [2.24, 2.45) is 5.92 Å². The van der Waals surface area contributed by atoms with Gasteiger partial charge in [-0.2, -0.15) is 5.10 Å². The van der Waals surface area contributed by atoms with Gasteiger partial charge in [0.05, 0.1) is 10.9 Å². The van der Waals surface area contributed by atoms with E-state index in [1.54, 1.807) is 4.68 Å². The van der Waals surface area contributed by atoms with Crippen LogP contribution in [0.1, 0.15) is 50.4 Å². The van der Waals surface area contributed by atoms with Crippen molar-refractivity contribution in [1.29, 1.82) is 0 Å². The number of carbonyl (C=O) groups is 1. The Morgan fingerprint density at radius 1 is 1.27 bits per heavy atom. The van der Waals surface area contributed by atoms with Crippen molar-refractivity contribution in [3.05, 3.63) is 29.6 Å². The van der Waals surface area contributed by atoms with Gasteiger partial charge in [-0.05, 0) is 57.7 Å². The number of hydrogen-bond donors (Lipinski definition) is 1. The summed E-state index contributed by atoms with van der Waals surface area (Å²) < 4.78 is 1.77. The fourth-order valence-corrected chi connectivity index (χ4v) is 4.15. The molecule has 1 aliphatic rings. The largest absolute Gasteiger partial charge is 0.355 e. The first-order chi connectivity index (χ1) is 12.5. The lowest BCUT2D eigenvalue weighted by molar-refractivity contribution is -0.120. The summed E-state index contributed by atoms with van der Waals surface area (Å²) in [6.07, 6.45) is 6.40. The number of nitrogens with one attached hydrogen (secondary N) is 1. The lowest BCUT2D eigenvalue weighted by Crippen LogP contribution is -2.35. The van der Waals surface area contributed by atoms with Gasteiger partial charge < -0.3 is 5.32 Å². The molecule has 2 aromatic rings. The average Bonchev–Trinajstić information content (AvgIpc) is 2.99. The van der Waals surface area contributed by atoms with Gasteiger partial charge in [0, 0.05) is 12.2 Å². The average molecular weight is 374 g/mol. The summed E-state index contributed by atoms with van der Waals surface area (Å²) in [5, 5.41) is 16.6. The number of carbonyl (C=O) groups excluding carboxylic acids is 1. The van der Waals surface area contributed by atoms with Crippen LogP contribution in [0, 0.1) is 19.8 Å². The van der Waals surface area contributed by atoms with E-state index >= 15 is 0 Å². The molecule has 26 heavy (non-hydrogen) atoms. The third-order valence-electron chi connectivity index (χ3n) is 4.81. The monoisotopic (exact) mass is 373 g/mol. The molecule has 0 aromatic carbocycles. The van der Waals surface area contributed by atoms with Crippen LogP contribution in [0.15, 0.2) is 23.2 Å². The van der Waals surface area contributed by atoms with Gasteiger partial charge in [0.15, 0.2) is 5.82 Å². The van der Waals surface area contributed by atoms with E-state index in [4.69, 9.17) is 0 Å². The van der Waals surface area contributed by atoms with E-state index in [-0.39, 0.29) is 11.2 Å². The predicted molar refractivity (Wildman–Crippen MR) is 104 cm³/mol. The molecule has 7 heteroatoms. The van der Waals surface area contributed by atoms with Gasteiger partial charge in [0.25, 0.3) is 0 Å². The molecular formula is C19H27N5OS. The second kappa shape index (κ2) is 8.66. The Bertz CT molecular complexity index is 737. The van der Waals surface area contributed by atoms with Crippen LogP contribution in [-0.4, -0.2) is 37.7 Å². The summed E-state index contributed by atoms with van der Waals surface area (Å²) in [5.74, 6) is 1.41. The first-order valence-corrected chi connectivity index (χ1v) is 10.2. The minimum Gasteiger partial charge on any atom is -0.355 e. The number of rotatable bonds is 6. The summed E-state index contributed by atoms with van der Waals surface area (Å²) >= 11 is 1.44. The topological polar surface area (TPSA) is 72.7 Å². The van der Waals surface area contributed by atoms with Crippen molar-refractivity contribution >= 4 is 17.7 Å². The van der Waals surface area contributed by atoms with Crippen LogP contribution in [0.25, 0.3) is 5.82 Å². The molecule has 2 aromatic heterocycles. The molecule has 6 nitrogen and oxygen atoms in total. The third-order valence-corrected chi connectivity index (χ3v) is 5.84. The summed E-state index contributed by atoms with van der Waals surface area (Å²) in [4.78, 5) is 12.3. The number of amides is 1. The first kappa shape index (κ1) is 18.9. The molecule has 0 radical (unpaired) electrons. The van der Waals surface area contributed by atoms with E-state index in [0.29, 0.717) is 11.7 Å². The maximum absolute atomic E-state index is 12.3. The molecule has 1 atom stereocenters. The fourth-order valence-electron chi connectivity index (χ4n) is 3.36. The SMILES string of the molecule is Cc1cc(C)n(-c2ccc(SC(C)C(=O)NCC3CCCCC3)nn2)n1. The Hall–Kier alpha value is -1.89. The van der Waals surface area contributed by atoms with E-state index in [9.17, 15) is 4.79 Å². The quantitative estimate of drug-likeness (QED) is 0.785. The zero-order valence-electron chi connectivity index (χ0n) is 15.7. The number of aromatic nitrogens is 4. The Kier molecular flexibility index (Phi) is 6.29. The second-order valence-electron chi connectivity index (χ2n) is 7.08. The Labute approximate surface area is 159 Å². The number of nitrogens with zero attached hydrogens (tertiary/aromatic N) is 4. The van der Waals surface area contributed by atoms with Gasteiger partial charge in [-0.1, -0.05) is 31.0 Å². The molecule has 3 rings (SSSR count). The van der Waals surface area contributed by atoms with E-state index in [0.717, 1.165) is 23.0 Å². The highest BCUT2D eigenvalue weighted by atomic mass is 32.2. The van der Waals surface area contributed by atoms with Crippen molar-refractivity contribution in [3.63, 3.8) is 0 Å². The highest BCUT2D eigenvalue weighted by Crippen LogP contribution is 2.24. The molecule has 2 heterocycles. The lowest BCUT2D eigenvalue weighted by Gasteiger charge is -2.22. The van der Waals surface area contributed by atoms with Gasteiger partial charge >= 0.3 is 0 Å². The van der Waals surface area contributed by atoms with Crippen LogP contribution >= 0.6 is 11.8 Å². The normalized spacial score (nSPS) is 16.4. The van der Waals surface area contributed by atoms with Crippen LogP contribution < -0.4 is 5.32 Å². The lowest BCUT2D eigenvalue weighted by atomic mass is 9.89. The predicted octanol–water partition coefficient (Wildman–Crippen LogP) is 3.46. The minimum atomic E-state index is -0.188. The van der Waals surface area contributed by atoms with Crippen LogP contribution in [0.5, 0.6) is 0 Å². The van der Waals surface area contributed by atoms with Crippen molar-refractivity contribution in [3.8, 4) is 5.82 Å². The van der Waals surface area contributed by atoms with Crippen LogP contribution in [0.3, 0.4) is 0 Å². The molecule has 1 saturated carbocycles. The highest BCUT2D eigenvalue weighted by molar-refractivity contribution is 8.00. The highest BCUT2D eigenvalue weighted by Gasteiger charge is 2.19. The first-order valence-electron chi connectivity index (χ1n) is 9.34. The molecule has 1 amide bonds. The Morgan fingerprint density at radius 3 is 2.65 bits per heavy atom. The fraction of sp³-hybridized carbons (Fsp3) is 0.579. The van der Waals surface area contributed by atoms with Gasteiger partial charge in [0.1, 0.15) is 5.03 Å². The molecule has 1 N–H and O–H groups in total. The summed E-state index contributed by atoms with van der Waals surface area (Å²) in [5.41, 5.74) is 1.97. The number of hydrogen-bond acceptors (Lipinski definition) is 5. The van der Waals surface area contributed by atoms with E-state index in [2.05, 4.69) is 20.6 Å². The van der Waals surface area contributed by atoms with E-state index in [1.807, 2.05) is 39.0 Å². The molecule has 0 bridgehead atoms. The van der Waals surface area contributed by atoms with E-state index < -0.39 is 0 Å². The van der Waals surface area contributed by atoms with Crippen LogP contribution in [0.4, 0.5) is 0 Å². The molecule has 140 valence electrons. The zero-order valence-corrected chi connectivity index (χ0v) is 16.6. The Morgan fingerprint density at radius 2 is 2.04 bits per heavy atom. The summed E-state index contributed by atoms with van der Waals surface area (Å²) in [7, 11) is 0. The summed E-state index contributed by atoms with van der Waals surface area (Å²) in [6.45, 7) is 6.65. The zero-order chi connectivity index (χ0) is 18.5. The van der Waals surface area contributed by atoms with Crippen molar-refractivity contribution in [2.45, 2.75) is 63.2 Å². The van der Waals surface area contributed by atoms with Crippen LogP contribution in [0.2, 0.25) is 0 Å². The smallest absolute Gasteiger partial charge is 0.233 e. The van der Waals surface area contributed by atoms with Crippen molar-refractivity contribution in [1.82, 2.24) is 25.3 Å². The maximum Gasteiger partial charge on any atom is 0.233 e. The number of thioether (sulfide) groups is 1. The molecule has 1 unspecified atom stereocenters. The molecule has 0 spiro atoms. The van der Waals surface area contributed by atoms with Crippen molar-refractivity contribution < 1.29 is 4.79 Å².